The first-order valence-electron chi connectivity index (χ1n) is 6.50. The van der Waals surface area contributed by atoms with E-state index in [0.29, 0.717) is 17.5 Å². The summed E-state index contributed by atoms with van der Waals surface area (Å²) < 4.78 is 4.97. The van der Waals surface area contributed by atoms with Gasteiger partial charge in [-0.05, 0) is 37.7 Å². The quantitative estimate of drug-likeness (QED) is 0.893. The zero-order valence-corrected chi connectivity index (χ0v) is 11.0. The lowest BCUT2D eigenvalue weighted by atomic mass is 9.87. The fourth-order valence-electron chi connectivity index (χ4n) is 2.31. The predicted octanol–water partition coefficient (Wildman–Crippen LogP) is 2.40. The molecule has 1 saturated carbocycles. The maximum Gasteiger partial charge on any atom is 0.253 e. The van der Waals surface area contributed by atoms with E-state index in [1.807, 2.05) is 0 Å². The molecule has 0 spiro atoms. The van der Waals surface area contributed by atoms with Gasteiger partial charge in [0, 0.05) is 18.3 Å². The van der Waals surface area contributed by atoms with Gasteiger partial charge in [0.2, 0.25) is 5.88 Å². The summed E-state index contributed by atoms with van der Waals surface area (Å²) in [7, 11) is 1.56. The molecular formula is C14H20N2O2. The topological polar surface area (TPSA) is 51.2 Å². The lowest BCUT2D eigenvalue weighted by molar-refractivity contribution is 0.0922. The van der Waals surface area contributed by atoms with E-state index in [0.717, 1.165) is 18.8 Å². The fraction of sp³-hybridized carbons (Fsp3) is 0.571. The van der Waals surface area contributed by atoms with Gasteiger partial charge < -0.3 is 10.1 Å². The molecule has 1 aromatic rings. The molecule has 4 heteroatoms. The van der Waals surface area contributed by atoms with Gasteiger partial charge in [-0.2, -0.15) is 0 Å². The number of nitrogens with zero attached hydrogens (tertiary/aromatic N) is 1. The number of carbonyl (C=O) groups is 1. The Morgan fingerprint density at radius 1 is 1.33 bits per heavy atom. The van der Waals surface area contributed by atoms with Crippen molar-refractivity contribution >= 4 is 5.91 Å². The SMILES string of the molecule is COc1ccc(C(=O)NC2CCC(C)CC2)cn1. The summed E-state index contributed by atoms with van der Waals surface area (Å²) in [4.78, 5) is 16.0. The second kappa shape index (κ2) is 5.85. The Bertz CT molecular complexity index is 395. The number of methoxy groups -OCH3 is 1. The van der Waals surface area contributed by atoms with Gasteiger partial charge in [0.05, 0.1) is 12.7 Å². The predicted molar refractivity (Wildman–Crippen MR) is 69.7 cm³/mol. The van der Waals surface area contributed by atoms with Crippen molar-refractivity contribution in [3.05, 3.63) is 23.9 Å². The lowest BCUT2D eigenvalue weighted by Gasteiger charge is -2.26. The summed E-state index contributed by atoms with van der Waals surface area (Å²) in [6.07, 6.45) is 6.12. The minimum Gasteiger partial charge on any atom is -0.481 e. The van der Waals surface area contributed by atoms with Crippen LogP contribution in [0.4, 0.5) is 0 Å². The van der Waals surface area contributed by atoms with E-state index < -0.39 is 0 Å². The van der Waals surface area contributed by atoms with E-state index in [2.05, 4.69) is 17.2 Å². The van der Waals surface area contributed by atoms with Crippen LogP contribution in [-0.4, -0.2) is 24.0 Å². The molecule has 1 heterocycles. The molecule has 0 bridgehead atoms. The minimum absolute atomic E-state index is 0.0373. The van der Waals surface area contributed by atoms with Crippen LogP contribution in [0.15, 0.2) is 18.3 Å². The fourth-order valence-corrected chi connectivity index (χ4v) is 2.31. The van der Waals surface area contributed by atoms with Crippen LogP contribution >= 0.6 is 0 Å². The first kappa shape index (κ1) is 12.9. The molecule has 1 N–H and O–H groups in total. The van der Waals surface area contributed by atoms with Crippen molar-refractivity contribution in [2.45, 2.75) is 38.6 Å². The Hall–Kier alpha value is -1.58. The van der Waals surface area contributed by atoms with Crippen molar-refractivity contribution in [2.24, 2.45) is 5.92 Å². The lowest BCUT2D eigenvalue weighted by Crippen LogP contribution is -2.37. The average Bonchev–Trinajstić information content (AvgIpc) is 2.41. The molecule has 0 unspecified atom stereocenters. The number of carbonyl (C=O) groups excluding carboxylic acids is 1. The van der Waals surface area contributed by atoms with Crippen molar-refractivity contribution < 1.29 is 9.53 Å². The molecular weight excluding hydrogens is 228 g/mol. The molecule has 1 aromatic heterocycles. The van der Waals surface area contributed by atoms with Gasteiger partial charge in [0.1, 0.15) is 0 Å². The monoisotopic (exact) mass is 248 g/mol. The molecule has 0 aromatic carbocycles. The van der Waals surface area contributed by atoms with Crippen LogP contribution in [-0.2, 0) is 0 Å². The summed E-state index contributed by atoms with van der Waals surface area (Å²) in [5.74, 6) is 1.28. The Balaban J connectivity index is 1.90. The maximum absolute atomic E-state index is 12.0. The molecule has 1 fully saturated rings. The number of pyridine rings is 1. The molecule has 0 saturated heterocycles. The molecule has 1 aliphatic rings. The van der Waals surface area contributed by atoms with Crippen LogP contribution in [0.1, 0.15) is 43.0 Å². The van der Waals surface area contributed by atoms with Crippen molar-refractivity contribution in [3.8, 4) is 5.88 Å². The van der Waals surface area contributed by atoms with Gasteiger partial charge in [0.25, 0.3) is 5.91 Å². The molecule has 4 nitrogen and oxygen atoms in total. The highest BCUT2D eigenvalue weighted by atomic mass is 16.5. The third-order valence-corrected chi connectivity index (χ3v) is 3.56. The van der Waals surface area contributed by atoms with Gasteiger partial charge in [-0.3, -0.25) is 4.79 Å². The van der Waals surface area contributed by atoms with Gasteiger partial charge >= 0.3 is 0 Å². The molecule has 18 heavy (non-hydrogen) atoms. The number of hydrogen-bond donors (Lipinski definition) is 1. The highest BCUT2D eigenvalue weighted by Gasteiger charge is 2.20. The van der Waals surface area contributed by atoms with Gasteiger partial charge in [-0.15, -0.1) is 0 Å². The minimum atomic E-state index is -0.0373. The standard InChI is InChI=1S/C14H20N2O2/c1-10-3-6-12(7-4-10)16-14(17)11-5-8-13(18-2)15-9-11/h5,8-10,12H,3-4,6-7H2,1-2H3,(H,16,17). The number of amides is 1. The zero-order chi connectivity index (χ0) is 13.0. The van der Waals surface area contributed by atoms with Crippen LogP contribution in [0.2, 0.25) is 0 Å². The van der Waals surface area contributed by atoms with Crippen LogP contribution in [0.25, 0.3) is 0 Å². The van der Waals surface area contributed by atoms with E-state index in [-0.39, 0.29) is 5.91 Å². The highest BCUT2D eigenvalue weighted by molar-refractivity contribution is 5.94. The van der Waals surface area contributed by atoms with Gasteiger partial charge in [0.15, 0.2) is 0 Å². The Labute approximate surface area is 108 Å². The zero-order valence-electron chi connectivity index (χ0n) is 11.0. The van der Waals surface area contributed by atoms with Crippen LogP contribution in [0.3, 0.4) is 0 Å². The van der Waals surface area contributed by atoms with Crippen molar-refractivity contribution in [1.82, 2.24) is 10.3 Å². The molecule has 1 aliphatic carbocycles. The van der Waals surface area contributed by atoms with Crippen molar-refractivity contribution in [3.63, 3.8) is 0 Å². The molecule has 98 valence electrons. The number of aromatic nitrogens is 1. The van der Waals surface area contributed by atoms with Crippen molar-refractivity contribution in [1.29, 1.82) is 0 Å². The first-order valence-corrected chi connectivity index (χ1v) is 6.50. The molecule has 0 aliphatic heterocycles. The second-order valence-corrected chi connectivity index (χ2v) is 5.02. The van der Waals surface area contributed by atoms with Crippen LogP contribution < -0.4 is 10.1 Å². The smallest absolute Gasteiger partial charge is 0.253 e. The maximum atomic E-state index is 12.0. The van der Waals surface area contributed by atoms with E-state index >= 15 is 0 Å². The molecule has 0 radical (unpaired) electrons. The normalized spacial score (nSPS) is 23.4. The molecule has 1 amide bonds. The largest absolute Gasteiger partial charge is 0.481 e. The Morgan fingerprint density at radius 3 is 2.61 bits per heavy atom. The van der Waals surface area contributed by atoms with E-state index in [4.69, 9.17) is 4.74 Å². The molecule has 0 atom stereocenters. The number of nitrogens with one attached hydrogen (secondary N) is 1. The molecule has 2 rings (SSSR count). The summed E-state index contributed by atoms with van der Waals surface area (Å²) in [5, 5.41) is 3.07. The second-order valence-electron chi connectivity index (χ2n) is 5.02. The van der Waals surface area contributed by atoms with Crippen LogP contribution in [0, 0.1) is 5.92 Å². The van der Waals surface area contributed by atoms with E-state index in [1.54, 1.807) is 25.4 Å². The number of hydrogen-bond acceptors (Lipinski definition) is 3. The van der Waals surface area contributed by atoms with Gasteiger partial charge in [-0.25, -0.2) is 4.98 Å². The first-order chi connectivity index (χ1) is 8.69. The highest BCUT2D eigenvalue weighted by Crippen LogP contribution is 2.23. The Kier molecular flexibility index (Phi) is 4.18. The third-order valence-electron chi connectivity index (χ3n) is 3.56. The van der Waals surface area contributed by atoms with Crippen LogP contribution in [0.5, 0.6) is 5.88 Å². The summed E-state index contributed by atoms with van der Waals surface area (Å²) >= 11 is 0. The van der Waals surface area contributed by atoms with Crippen molar-refractivity contribution in [2.75, 3.05) is 7.11 Å². The van der Waals surface area contributed by atoms with E-state index in [1.165, 1.54) is 12.8 Å². The Morgan fingerprint density at radius 2 is 2.06 bits per heavy atom. The number of ether oxygens (including phenoxy) is 1. The van der Waals surface area contributed by atoms with Gasteiger partial charge in [-0.1, -0.05) is 6.92 Å². The summed E-state index contributed by atoms with van der Waals surface area (Å²) in [6.45, 7) is 2.27. The number of rotatable bonds is 3. The summed E-state index contributed by atoms with van der Waals surface area (Å²) in [5.41, 5.74) is 0.592. The average molecular weight is 248 g/mol. The summed E-state index contributed by atoms with van der Waals surface area (Å²) in [6, 6.07) is 3.76. The third kappa shape index (κ3) is 3.22. The van der Waals surface area contributed by atoms with E-state index in [9.17, 15) is 4.79 Å².